The molecule has 3 aromatic rings. The van der Waals surface area contributed by atoms with Gasteiger partial charge in [0.05, 0.1) is 12.9 Å². The molecule has 0 unspecified atom stereocenters. The first kappa shape index (κ1) is 16.7. The molecule has 0 aliphatic carbocycles. The minimum Gasteiger partial charge on any atom is -0.497 e. The van der Waals surface area contributed by atoms with Crippen LogP contribution in [0.3, 0.4) is 0 Å². The molecule has 3 heterocycles. The van der Waals surface area contributed by atoms with Crippen LogP contribution in [0.1, 0.15) is 10.5 Å². The number of thiazole rings is 1. The van der Waals surface area contributed by atoms with Gasteiger partial charge in [0.25, 0.3) is 5.91 Å². The monoisotopic (exact) mass is 390 g/mol. The number of ether oxygens (including phenoxy) is 1. The van der Waals surface area contributed by atoms with Crippen molar-refractivity contribution in [3.8, 4) is 17.0 Å². The second kappa shape index (κ2) is 6.22. The fraction of sp³-hybridized carbons (Fsp3) is 0.188. The number of methoxy groups -OCH3 is 1. The SMILES string of the molecule is COc1cccc(-c2nc3n(c2C(=O)Nc2nccs2)CCS3(=O)=O)c1. The number of sulfone groups is 1. The minimum atomic E-state index is -3.50. The number of carbonyl (C=O) groups excluding carboxylic acids is 1. The molecule has 0 atom stereocenters. The van der Waals surface area contributed by atoms with Gasteiger partial charge < -0.3 is 9.30 Å². The predicted octanol–water partition coefficient (Wildman–Crippen LogP) is 2.05. The van der Waals surface area contributed by atoms with Crippen LogP contribution in [-0.2, 0) is 16.4 Å². The summed E-state index contributed by atoms with van der Waals surface area (Å²) in [5.74, 6) is 0.0732. The van der Waals surface area contributed by atoms with Gasteiger partial charge in [-0.05, 0) is 12.1 Å². The normalized spacial score (nSPS) is 14.8. The molecule has 0 radical (unpaired) electrons. The fourth-order valence-electron chi connectivity index (χ4n) is 2.82. The third kappa shape index (κ3) is 2.76. The molecule has 1 N–H and O–H groups in total. The maximum Gasteiger partial charge on any atom is 0.276 e. The molecule has 0 bridgehead atoms. The molecule has 0 fully saturated rings. The minimum absolute atomic E-state index is 0.0642. The fourth-order valence-corrected chi connectivity index (χ4v) is 4.70. The molecule has 1 aromatic carbocycles. The van der Waals surface area contributed by atoms with E-state index in [1.807, 2.05) is 0 Å². The zero-order valence-electron chi connectivity index (χ0n) is 13.7. The number of amides is 1. The Labute approximate surface area is 153 Å². The second-order valence-corrected chi connectivity index (χ2v) is 8.48. The zero-order valence-corrected chi connectivity index (χ0v) is 15.3. The van der Waals surface area contributed by atoms with Gasteiger partial charge in [-0.1, -0.05) is 12.1 Å². The highest BCUT2D eigenvalue weighted by Gasteiger charge is 2.35. The number of fused-ring (bicyclic) bond motifs is 1. The van der Waals surface area contributed by atoms with E-state index in [1.54, 1.807) is 35.8 Å². The average Bonchev–Trinajstić information content (AvgIpc) is 3.33. The van der Waals surface area contributed by atoms with Crippen LogP contribution in [0.2, 0.25) is 0 Å². The number of aromatic nitrogens is 3. The number of nitrogens with zero attached hydrogens (tertiary/aromatic N) is 3. The standard InChI is InChI=1S/C16H14N4O4S2/c1-24-11-4-2-3-10(9-11)12-13(14(21)19-15-17-5-7-25-15)20-6-8-26(22,23)16(20)18-12/h2-5,7,9H,6,8H2,1H3,(H,17,19,21). The number of rotatable bonds is 4. The third-order valence-electron chi connectivity index (χ3n) is 4.01. The van der Waals surface area contributed by atoms with Crippen LogP contribution in [0.5, 0.6) is 5.75 Å². The van der Waals surface area contributed by atoms with Gasteiger partial charge in [0, 0.05) is 23.7 Å². The Kier molecular flexibility index (Phi) is 4.00. The smallest absolute Gasteiger partial charge is 0.276 e. The summed E-state index contributed by atoms with van der Waals surface area (Å²) in [5.41, 5.74) is 1.10. The molecule has 0 spiro atoms. The van der Waals surface area contributed by atoms with Gasteiger partial charge in [-0.2, -0.15) is 0 Å². The Bertz CT molecular complexity index is 1090. The number of imidazole rings is 1. The molecule has 1 amide bonds. The lowest BCUT2D eigenvalue weighted by Crippen LogP contribution is -2.17. The first-order chi connectivity index (χ1) is 12.5. The van der Waals surface area contributed by atoms with Gasteiger partial charge in [0.15, 0.2) is 5.13 Å². The van der Waals surface area contributed by atoms with E-state index < -0.39 is 15.7 Å². The molecule has 4 rings (SSSR count). The first-order valence-corrected chi connectivity index (χ1v) is 10.2. The lowest BCUT2D eigenvalue weighted by atomic mass is 10.1. The van der Waals surface area contributed by atoms with Crippen LogP contribution in [0, 0.1) is 0 Å². The van der Waals surface area contributed by atoms with E-state index in [-0.39, 0.29) is 23.1 Å². The van der Waals surface area contributed by atoms with E-state index in [0.717, 1.165) is 0 Å². The van der Waals surface area contributed by atoms with Crippen LogP contribution in [-0.4, -0.2) is 41.7 Å². The van der Waals surface area contributed by atoms with Crippen LogP contribution >= 0.6 is 11.3 Å². The largest absolute Gasteiger partial charge is 0.497 e. The van der Waals surface area contributed by atoms with Gasteiger partial charge >= 0.3 is 0 Å². The molecule has 0 saturated heterocycles. The number of hydrogen-bond acceptors (Lipinski definition) is 7. The lowest BCUT2D eigenvalue weighted by Gasteiger charge is -2.08. The Hall–Kier alpha value is -2.72. The highest BCUT2D eigenvalue weighted by molar-refractivity contribution is 7.91. The lowest BCUT2D eigenvalue weighted by molar-refractivity contribution is 0.101. The van der Waals surface area contributed by atoms with Gasteiger partial charge in [-0.3, -0.25) is 10.1 Å². The molecule has 1 aliphatic rings. The number of nitrogens with one attached hydrogen (secondary N) is 1. The highest BCUT2D eigenvalue weighted by atomic mass is 32.2. The second-order valence-electron chi connectivity index (χ2n) is 5.59. The maximum absolute atomic E-state index is 12.9. The van der Waals surface area contributed by atoms with Gasteiger partial charge in [-0.25, -0.2) is 18.4 Å². The molecule has 2 aromatic heterocycles. The molecule has 26 heavy (non-hydrogen) atoms. The van der Waals surface area contributed by atoms with Crippen LogP contribution in [0.15, 0.2) is 41.0 Å². The van der Waals surface area contributed by atoms with Crippen molar-refractivity contribution in [3.63, 3.8) is 0 Å². The van der Waals surface area contributed by atoms with E-state index in [1.165, 1.54) is 23.0 Å². The van der Waals surface area contributed by atoms with Crippen molar-refractivity contribution >= 4 is 32.2 Å². The molecular weight excluding hydrogens is 376 g/mol. The van der Waals surface area contributed by atoms with Crippen molar-refractivity contribution in [2.45, 2.75) is 11.7 Å². The van der Waals surface area contributed by atoms with Gasteiger partial charge in [-0.15, -0.1) is 11.3 Å². The Morgan fingerprint density at radius 3 is 2.96 bits per heavy atom. The van der Waals surface area contributed by atoms with E-state index in [2.05, 4.69) is 15.3 Å². The van der Waals surface area contributed by atoms with Crippen LogP contribution in [0.4, 0.5) is 5.13 Å². The molecule has 8 nitrogen and oxygen atoms in total. The summed E-state index contributed by atoms with van der Waals surface area (Å²) in [5, 5.41) is 4.79. The quantitative estimate of drug-likeness (QED) is 0.731. The van der Waals surface area contributed by atoms with Crippen LogP contribution < -0.4 is 10.1 Å². The van der Waals surface area contributed by atoms with Gasteiger partial charge in [0.1, 0.15) is 17.1 Å². The van der Waals surface area contributed by atoms with E-state index in [9.17, 15) is 13.2 Å². The first-order valence-electron chi connectivity index (χ1n) is 7.68. The van der Waals surface area contributed by atoms with Crippen molar-refractivity contribution < 1.29 is 17.9 Å². The van der Waals surface area contributed by atoms with Crippen LogP contribution in [0.25, 0.3) is 11.3 Å². The molecule has 0 saturated carbocycles. The summed E-state index contributed by atoms with van der Waals surface area (Å²) in [7, 11) is -1.96. The summed E-state index contributed by atoms with van der Waals surface area (Å²) >= 11 is 1.28. The summed E-state index contributed by atoms with van der Waals surface area (Å²) in [6, 6.07) is 6.99. The summed E-state index contributed by atoms with van der Waals surface area (Å²) in [6.07, 6.45) is 1.58. The van der Waals surface area contributed by atoms with Crippen molar-refractivity contribution in [2.24, 2.45) is 0 Å². The molecule has 1 aliphatic heterocycles. The molecule has 134 valence electrons. The maximum atomic E-state index is 12.9. The highest BCUT2D eigenvalue weighted by Crippen LogP contribution is 2.32. The van der Waals surface area contributed by atoms with Crippen molar-refractivity contribution in [2.75, 3.05) is 18.2 Å². The zero-order chi connectivity index (χ0) is 18.3. The van der Waals surface area contributed by atoms with E-state index in [0.29, 0.717) is 22.1 Å². The van der Waals surface area contributed by atoms with Crippen molar-refractivity contribution in [1.82, 2.24) is 14.5 Å². The molecule has 10 heteroatoms. The summed E-state index contributed by atoms with van der Waals surface area (Å²) in [6.45, 7) is 0.190. The Morgan fingerprint density at radius 2 is 2.23 bits per heavy atom. The Balaban J connectivity index is 1.87. The number of carbonyl (C=O) groups is 1. The van der Waals surface area contributed by atoms with E-state index in [4.69, 9.17) is 4.74 Å². The van der Waals surface area contributed by atoms with E-state index >= 15 is 0 Å². The van der Waals surface area contributed by atoms with Crippen molar-refractivity contribution in [3.05, 3.63) is 41.5 Å². The predicted molar refractivity (Wildman–Crippen MR) is 96.3 cm³/mol. The average molecular weight is 390 g/mol. The number of anilines is 1. The summed E-state index contributed by atoms with van der Waals surface area (Å²) < 4.78 is 31.2. The molecular formula is C16H14N4O4S2. The Morgan fingerprint density at radius 1 is 1.38 bits per heavy atom. The van der Waals surface area contributed by atoms with Crippen molar-refractivity contribution in [1.29, 1.82) is 0 Å². The topological polar surface area (TPSA) is 103 Å². The number of hydrogen-bond donors (Lipinski definition) is 1. The number of benzene rings is 1. The van der Waals surface area contributed by atoms with Gasteiger partial charge in [0.2, 0.25) is 15.0 Å². The third-order valence-corrected chi connectivity index (χ3v) is 6.28. The summed E-state index contributed by atoms with van der Waals surface area (Å²) in [4.78, 5) is 21.2.